The van der Waals surface area contributed by atoms with Gasteiger partial charge in [-0.3, -0.25) is 19.6 Å². The molecule has 0 aromatic heterocycles. The molecule has 1 unspecified atom stereocenters. The van der Waals surface area contributed by atoms with Gasteiger partial charge in [0.2, 0.25) is 6.17 Å². The van der Waals surface area contributed by atoms with E-state index in [1.54, 1.807) is 18.3 Å². The van der Waals surface area contributed by atoms with E-state index in [0.717, 1.165) is 10.5 Å². The molecule has 1 aliphatic rings. The van der Waals surface area contributed by atoms with Gasteiger partial charge in [-0.25, -0.2) is 4.79 Å². The number of nitrogens with zero attached hydrogens (tertiary/aromatic N) is 3. The Morgan fingerprint density at radius 1 is 0.955 bits per heavy atom. The van der Waals surface area contributed by atoms with Crippen molar-refractivity contribution in [2.75, 3.05) is 11.9 Å². The Morgan fingerprint density at radius 3 is 2.18 bits per heavy atom. The van der Waals surface area contributed by atoms with Crippen LogP contribution < -0.4 is 4.90 Å². The van der Waals surface area contributed by atoms with E-state index in [9.17, 15) is 9.59 Å². The van der Waals surface area contributed by atoms with E-state index < -0.39 is 6.17 Å². The van der Waals surface area contributed by atoms with E-state index in [1.165, 1.54) is 11.9 Å². The summed E-state index contributed by atoms with van der Waals surface area (Å²) in [4.78, 5) is 31.4. The van der Waals surface area contributed by atoms with Crippen molar-refractivity contribution in [3.05, 3.63) is 66.2 Å². The van der Waals surface area contributed by atoms with Crippen LogP contribution in [0.4, 0.5) is 10.5 Å². The van der Waals surface area contributed by atoms with Gasteiger partial charge >= 0.3 is 6.03 Å². The van der Waals surface area contributed by atoms with Crippen LogP contribution in [0.2, 0.25) is 0 Å². The molecule has 1 atom stereocenters. The molecule has 0 bridgehead atoms. The smallest absolute Gasteiger partial charge is 0.270 e. The number of hydrogen-bond donors (Lipinski definition) is 0. The normalized spacial score (nSPS) is 18.5. The molecule has 1 heterocycles. The van der Waals surface area contributed by atoms with Crippen molar-refractivity contribution in [3.8, 4) is 0 Å². The fourth-order valence-corrected chi connectivity index (χ4v) is 2.31. The van der Waals surface area contributed by atoms with Crippen molar-refractivity contribution in [3.63, 3.8) is 0 Å². The van der Waals surface area contributed by atoms with E-state index in [2.05, 4.69) is 4.99 Å². The number of rotatable bonds is 3. The van der Waals surface area contributed by atoms with Crippen LogP contribution >= 0.6 is 0 Å². The molecule has 3 rings (SSSR count). The summed E-state index contributed by atoms with van der Waals surface area (Å²) in [5.74, 6) is -0.332. The summed E-state index contributed by atoms with van der Waals surface area (Å²) in [6, 6.07) is 18.2. The second-order valence-electron chi connectivity index (χ2n) is 4.95. The zero-order chi connectivity index (χ0) is 15.5. The first-order valence-corrected chi connectivity index (χ1v) is 6.92. The van der Waals surface area contributed by atoms with Crippen molar-refractivity contribution in [1.29, 1.82) is 0 Å². The van der Waals surface area contributed by atoms with Gasteiger partial charge in [-0.1, -0.05) is 48.5 Å². The number of carbonyl (C=O) groups is 2. The summed E-state index contributed by atoms with van der Waals surface area (Å²) < 4.78 is 0. The third kappa shape index (κ3) is 2.48. The largest absolute Gasteiger partial charge is 0.333 e. The summed E-state index contributed by atoms with van der Waals surface area (Å²) in [5.41, 5.74) is 1.53. The van der Waals surface area contributed by atoms with Gasteiger partial charge in [0, 0.05) is 18.9 Å². The molecule has 0 N–H and O–H groups in total. The third-order valence-electron chi connectivity index (χ3n) is 3.49. The standard InChI is InChI=1S/C17H15N3O2/c1-19-16(21)15(18-12-13-8-4-2-5-9-13)20(17(19)22)14-10-6-3-7-11-14/h2-12,15H,1H3. The van der Waals surface area contributed by atoms with E-state index in [1.807, 2.05) is 48.5 Å². The fraction of sp³-hybridized carbons (Fsp3) is 0.118. The first-order chi connectivity index (χ1) is 10.7. The molecular formula is C17H15N3O2. The summed E-state index contributed by atoms with van der Waals surface area (Å²) in [5, 5.41) is 0. The summed E-state index contributed by atoms with van der Waals surface area (Å²) in [7, 11) is 1.47. The van der Waals surface area contributed by atoms with Crippen molar-refractivity contribution in [2.45, 2.75) is 6.17 Å². The van der Waals surface area contributed by atoms with E-state index in [4.69, 9.17) is 0 Å². The van der Waals surface area contributed by atoms with Gasteiger partial charge in [0.05, 0.1) is 0 Å². The number of benzene rings is 2. The second-order valence-corrected chi connectivity index (χ2v) is 4.95. The number of hydrogen-bond acceptors (Lipinski definition) is 3. The minimum absolute atomic E-state index is 0.332. The minimum Gasteiger partial charge on any atom is -0.270 e. The lowest BCUT2D eigenvalue weighted by Gasteiger charge is -2.18. The quantitative estimate of drug-likeness (QED) is 0.645. The van der Waals surface area contributed by atoms with Crippen molar-refractivity contribution >= 4 is 23.8 Å². The summed E-state index contributed by atoms with van der Waals surface area (Å²) in [6.45, 7) is 0. The van der Waals surface area contributed by atoms with Crippen LogP contribution in [0.25, 0.3) is 0 Å². The highest BCUT2D eigenvalue weighted by molar-refractivity contribution is 6.14. The fourth-order valence-electron chi connectivity index (χ4n) is 2.31. The van der Waals surface area contributed by atoms with Crippen LogP contribution in [0, 0.1) is 0 Å². The number of carbonyl (C=O) groups excluding carboxylic acids is 2. The van der Waals surface area contributed by atoms with Crippen LogP contribution in [0.5, 0.6) is 0 Å². The number of likely N-dealkylation sites (N-methyl/N-ethyl adjacent to an activating group) is 1. The first kappa shape index (κ1) is 14.0. The van der Waals surface area contributed by atoms with Crippen LogP contribution in [-0.2, 0) is 4.79 Å². The molecule has 110 valence electrons. The van der Waals surface area contributed by atoms with Crippen LogP contribution in [0.15, 0.2) is 65.7 Å². The number of amides is 3. The first-order valence-electron chi connectivity index (χ1n) is 6.92. The maximum atomic E-state index is 12.3. The Kier molecular flexibility index (Phi) is 3.70. The van der Waals surface area contributed by atoms with Gasteiger partial charge < -0.3 is 0 Å². The van der Waals surface area contributed by atoms with E-state index in [0.29, 0.717) is 5.69 Å². The molecule has 22 heavy (non-hydrogen) atoms. The Bertz CT molecular complexity index is 713. The van der Waals surface area contributed by atoms with Crippen molar-refractivity contribution < 1.29 is 9.59 Å². The maximum Gasteiger partial charge on any atom is 0.333 e. The Hall–Kier alpha value is -2.95. The molecule has 1 fully saturated rings. The van der Waals surface area contributed by atoms with Gasteiger partial charge in [0.15, 0.2) is 0 Å². The zero-order valence-corrected chi connectivity index (χ0v) is 12.1. The molecule has 0 spiro atoms. The van der Waals surface area contributed by atoms with Crippen LogP contribution in [0.3, 0.4) is 0 Å². The number of aliphatic imine (C=N–C) groups is 1. The maximum absolute atomic E-state index is 12.3. The molecule has 0 aliphatic carbocycles. The monoisotopic (exact) mass is 293 g/mol. The second kappa shape index (κ2) is 5.81. The number of para-hydroxylation sites is 1. The topological polar surface area (TPSA) is 53.0 Å². The minimum atomic E-state index is -0.861. The number of anilines is 1. The third-order valence-corrected chi connectivity index (χ3v) is 3.49. The van der Waals surface area contributed by atoms with Crippen LogP contribution in [0.1, 0.15) is 5.56 Å². The van der Waals surface area contributed by atoms with E-state index in [-0.39, 0.29) is 11.9 Å². The zero-order valence-electron chi connectivity index (χ0n) is 12.1. The average molecular weight is 293 g/mol. The lowest BCUT2D eigenvalue weighted by molar-refractivity contribution is -0.126. The Morgan fingerprint density at radius 2 is 1.55 bits per heavy atom. The Labute approximate surface area is 128 Å². The molecule has 0 saturated carbocycles. The van der Waals surface area contributed by atoms with Crippen molar-refractivity contribution in [1.82, 2.24) is 4.90 Å². The van der Waals surface area contributed by atoms with E-state index >= 15 is 0 Å². The molecule has 5 heteroatoms. The number of imide groups is 1. The van der Waals surface area contributed by atoms with Crippen LogP contribution in [-0.4, -0.2) is 36.3 Å². The molecule has 2 aromatic rings. The van der Waals surface area contributed by atoms with Gasteiger partial charge in [-0.05, 0) is 17.7 Å². The Balaban J connectivity index is 1.94. The molecule has 1 aliphatic heterocycles. The number of urea groups is 1. The molecular weight excluding hydrogens is 278 g/mol. The summed E-state index contributed by atoms with van der Waals surface area (Å²) >= 11 is 0. The molecule has 2 aromatic carbocycles. The predicted molar refractivity (Wildman–Crippen MR) is 84.9 cm³/mol. The molecule has 3 amide bonds. The highest BCUT2D eigenvalue weighted by Gasteiger charge is 2.43. The van der Waals surface area contributed by atoms with Gasteiger partial charge in [0.25, 0.3) is 5.91 Å². The highest BCUT2D eigenvalue weighted by Crippen LogP contribution is 2.25. The van der Waals surface area contributed by atoms with Gasteiger partial charge in [-0.15, -0.1) is 0 Å². The molecule has 1 saturated heterocycles. The highest BCUT2D eigenvalue weighted by atomic mass is 16.2. The molecule has 0 radical (unpaired) electrons. The van der Waals surface area contributed by atoms with Gasteiger partial charge in [0.1, 0.15) is 0 Å². The average Bonchev–Trinajstić information content (AvgIpc) is 2.78. The van der Waals surface area contributed by atoms with Crippen molar-refractivity contribution in [2.24, 2.45) is 4.99 Å². The predicted octanol–water partition coefficient (Wildman–Crippen LogP) is 2.53. The molecule has 5 nitrogen and oxygen atoms in total. The van der Waals surface area contributed by atoms with Gasteiger partial charge in [-0.2, -0.15) is 0 Å². The lowest BCUT2D eigenvalue weighted by atomic mass is 10.2. The lowest BCUT2D eigenvalue weighted by Crippen LogP contribution is -2.33. The SMILES string of the molecule is CN1C(=O)C(N=Cc2ccccc2)N(c2ccccc2)C1=O. The summed E-state index contributed by atoms with van der Waals surface area (Å²) in [6.07, 6.45) is 0.755.